The molecule has 0 bridgehead atoms. The molecular formula is C13H20N2O4. The van der Waals surface area contributed by atoms with E-state index in [1.807, 2.05) is 13.8 Å². The highest BCUT2D eigenvalue weighted by Crippen LogP contribution is 2.08. The topological polar surface area (TPSA) is 80.6 Å². The normalized spacial score (nSPS) is 10.5. The Morgan fingerprint density at radius 3 is 2.74 bits per heavy atom. The SMILES string of the molecule is COC(=O)c1ccc(CNCCC(=O)NC(C)C)o1. The van der Waals surface area contributed by atoms with E-state index in [1.54, 1.807) is 12.1 Å². The number of esters is 1. The standard InChI is InChI=1S/C13H20N2O4/c1-9(2)15-12(16)6-7-14-8-10-4-5-11(19-10)13(17)18-3/h4-5,9,14H,6-8H2,1-3H3,(H,15,16). The smallest absolute Gasteiger partial charge is 0.373 e. The quantitative estimate of drug-likeness (QED) is 0.571. The van der Waals surface area contributed by atoms with Crippen molar-refractivity contribution in [1.29, 1.82) is 0 Å². The predicted molar refractivity (Wildman–Crippen MR) is 69.6 cm³/mol. The van der Waals surface area contributed by atoms with Crippen LogP contribution in [0.1, 0.15) is 36.6 Å². The van der Waals surface area contributed by atoms with E-state index in [9.17, 15) is 9.59 Å². The van der Waals surface area contributed by atoms with E-state index in [-0.39, 0.29) is 17.7 Å². The first kappa shape index (κ1) is 15.2. The van der Waals surface area contributed by atoms with Gasteiger partial charge in [-0.2, -0.15) is 0 Å². The number of nitrogens with one attached hydrogen (secondary N) is 2. The van der Waals surface area contributed by atoms with Crippen LogP contribution in [-0.2, 0) is 16.1 Å². The molecule has 6 heteroatoms. The molecule has 0 aromatic carbocycles. The zero-order valence-electron chi connectivity index (χ0n) is 11.5. The fourth-order valence-electron chi connectivity index (χ4n) is 1.49. The van der Waals surface area contributed by atoms with Crippen molar-refractivity contribution >= 4 is 11.9 Å². The van der Waals surface area contributed by atoms with Gasteiger partial charge in [-0.1, -0.05) is 0 Å². The molecule has 0 unspecified atom stereocenters. The van der Waals surface area contributed by atoms with Gasteiger partial charge in [-0.05, 0) is 26.0 Å². The van der Waals surface area contributed by atoms with Crippen LogP contribution in [0.5, 0.6) is 0 Å². The van der Waals surface area contributed by atoms with Crippen LogP contribution in [0.4, 0.5) is 0 Å². The van der Waals surface area contributed by atoms with Crippen LogP contribution in [0.25, 0.3) is 0 Å². The molecule has 1 rings (SSSR count). The van der Waals surface area contributed by atoms with Crippen LogP contribution >= 0.6 is 0 Å². The molecule has 6 nitrogen and oxygen atoms in total. The number of ether oxygens (including phenoxy) is 1. The molecule has 0 saturated heterocycles. The molecule has 0 aliphatic rings. The molecule has 0 aliphatic heterocycles. The minimum atomic E-state index is -0.498. The highest BCUT2D eigenvalue weighted by molar-refractivity contribution is 5.86. The highest BCUT2D eigenvalue weighted by Gasteiger charge is 2.10. The van der Waals surface area contributed by atoms with E-state index in [0.29, 0.717) is 25.3 Å². The van der Waals surface area contributed by atoms with E-state index >= 15 is 0 Å². The molecule has 2 N–H and O–H groups in total. The molecule has 0 spiro atoms. The summed E-state index contributed by atoms with van der Waals surface area (Å²) in [5, 5.41) is 5.87. The van der Waals surface area contributed by atoms with Crippen molar-refractivity contribution in [3.05, 3.63) is 23.7 Å². The van der Waals surface area contributed by atoms with Gasteiger partial charge in [0, 0.05) is 19.0 Å². The first-order valence-corrected chi connectivity index (χ1v) is 6.20. The third-order valence-corrected chi connectivity index (χ3v) is 2.33. The largest absolute Gasteiger partial charge is 0.463 e. The zero-order chi connectivity index (χ0) is 14.3. The van der Waals surface area contributed by atoms with Crippen molar-refractivity contribution in [2.24, 2.45) is 0 Å². The monoisotopic (exact) mass is 268 g/mol. The molecule has 0 saturated carbocycles. The molecule has 0 fully saturated rings. The molecule has 19 heavy (non-hydrogen) atoms. The Morgan fingerprint density at radius 1 is 1.37 bits per heavy atom. The maximum atomic E-state index is 11.4. The van der Waals surface area contributed by atoms with Gasteiger partial charge in [-0.15, -0.1) is 0 Å². The van der Waals surface area contributed by atoms with Gasteiger partial charge in [0.05, 0.1) is 13.7 Å². The Kier molecular flexibility index (Phi) is 6.08. The minimum absolute atomic E-state index is 0.0113. The van der Waals surface area contributed by atoms with E-state index in [4.69, 9.17) is 4.42 Å². The first-order chi connectivity index (χ1) is 9.02. The Bertz CT molecular complexity index is 426. The first-order valence-electron chi connectivity index (χ1n) is 6.20. The lowest BCUT2D eigenvalue weighted by Gasteiger charge is -2.08. The maximum Gasteiger partial charge on any atom is 0.373 e. The van der Waals surface area contributed by atoms with Gasteiger partial charge in [0.25, 0.3) is 0 Å². The van der Waals surface area contributed by atoms with E-state index in [1.165, 1.54) is 7.11 Å². The van der Waals surface area contributed by atoms with Crippen LogP contribution in [0, 0.1) is 0 Å². The van der Waals surface area contributed by atoms with Crippen LogP contribution in [0.2, 0.25) is 0 Å². The summed E-state index contributed by atoms with van der Waals surface area (Å²) in [7, 11) is 1.30. The summed E-state index contributed by atoms with van der Waals surface area (Å²) in [6.07, 6.45) is 0.406. The lowest BCUT2D eigenvalue weighted by molar-refractivity contribution is -0.121. The molecule has 0 aliphatic carbocycles. The molecular weight excluding hydrogens is 248 g/mol. The number of rotatable bonds is 7. The summed E-state index contributed by atoms with van der Waals surface area (Å²) in [6.45, 7) is 4.85. The second-order valence-electron chi connectivity index (χ2n) is 4.41. The summed E-state index contributed by atoms with van der Waals surface area (Å²) < 4.78 is 9.81. The van der Waals surface area contributed by atoms with Gasteiger partial charge < -0.3 is 19.8 Å². The Hall–Kier alpha value is -1.82. The molecule has 1 aromatic heterocycles. The number of hydrogen-bond donors (Lipinski definition) is 2. The van der Waals surface area contributed by atoms with Gasteiger partial charge in [-0.25, -0.2) is 4.79 Å². The van der Waals surface area contributed by atoms with Crippen LogP contribution in [0.15, 0.2) is 16.5 Å². The minimum Gasteiger partial charge on any atom is -0.463 e. The van der Waals surface area contributed by atoms with Gasteiger partial charge in [0.1, 0.15) is 5.76 Å². The molecule has 106 valence electrons. The van der Waals surface area contributed by atoms with Gasteiger partial charge >= 0.3 is 5.97 Å². The summed E-state index contributed by atoms with van der Waals surface area (Å²) in [4.78, 5) is 22.5. The third kappa shape index (κ3) is 5.56. The summed E-state index contributed by atoms with van der Waals surface area (Å²) in [6, 6.07) is 3.42. The number of methoxy groups -OCH3 is 1. The van der Waals surface area contributed by atoms with Crippen LogP contribution in [0.3, 0.4) is 0 Å². The van der Waals surface area contributed by atoms with Crippen molar-refractivity contribution in [3.8, 4) is 0 Å². The van der Waals surface area contributed by atoms with Gasteiger partial charge in [0.15, 0.2) is 0 Å². The van der Waals surface area contributed by atoms with Crippen molar-refractivity contribution in [3.63, 3.8) is 0 Å². The average molecular weight is 268 g/mol. The number of carbonyl (C=O) groups excluding carboxylic acids is 2. The lowest BCUT2D eigenvalue weighted by atomic mass is 10.3. The summed E-state index contributed by atoms with van der Waals surface area (Å²) in [5.74, 6) is 0.321. The number of carbonyl (C=O) groups is 2. The zero-order valence-corrected chi connectivity index (χ0v) is 11.5. The lowest BCUT2D eigenvalue weighted by Crippen LogP contribution is -2.32. The van der Waals surface area contributed by atoms with Crippen molar-refractivity contribution in [2.45, 2.75) is 32.9 Å². The second kappa shape index (κ2) is 7.58. The molecule has 1 aromatic rings. The number of furan rings is 1. The molecule has 1 heterocycles. The summed E-state index contributed by atoms with van der Waals surface area (Å²) in [5.41, 5.74) is 0. The van der Waals surface area contributed by atoms with Gasteiger partial charge in [0.2, 0.25) is 11.7 Å². The van der Waals surface area contributed by atoms with E-state index < -0.39 is 5.97 Å². The van der Waals surface area contributed by atoms with E-state index in [2.05, 4.69) is 15.4 Å². The highest BCUT2D eigenvalue weighted by atomic mass is 16.5. The average Bonchev–Trinajstić information content (AvgIpc) is 2.81. The van der Waals surface area contributed by atoms with E-state index in [0.717, 1.165) is 0 Å². The fraction of sp³-hybridized carbons (Fsp3) is 0.538. The maximum absolute atomic E-state index is 11.4. The van der Waals surface area contributed by atoms with Gasteiger partial charge in [-0.3, -0.25) is 4.79 Å². The predicted octanol–water partition coefficient (Wildman–Crippen LogP) is 1.07. The second-order valence-corrected chi connectivity index (χ2v) is 4.41. The van der Waals surface area contributed by atoms with Crippen LogP contribution < -0.4 is 10.6 Å². The third-order valence-electron chi connectivity index (χ3n) is 2.33. The Balaban J connectivity index is 2.24. The fourth-order valence-corrected chi connectivity index (χ4v) is 1.49. The van der Waals surface area contributed by atoms with Crippen molar-refractivity contribution in [1.82, 2.24) is 10.6 Å². The number of amides is 1. The molecule has 1 amide bonds. The van der Waals surface area contributed by atoms with Crippen molar-refractivity contribution in [2.75, 3.05) is 13.7 Å². The Morgan fingerprint density at radius 2 is 2.11 bits per heavy atom. The number of hydrogen-bond acceptors (Lipinski definition) is 5. The van der Waals surface area contributed by atoms with Crippen LogP contribution in [-0.4, -0.2) is 31.6 Å². The molecule has 0 radical (unpaired) electrons. The summed E-state index contributed by atoms with van der Waals surface area (Å²) >= 11 is 0. The Labute approximate surface area is 112 Å². The van der Waals surface area contributed by atoms with Crippen molar-refractivity contribution < 1.29 is 18.7 Å². The molecule has 0 atom stereocenters.